The predicted octanol–water partition coefficient (Wildman–Crippen LogP) is -0.460. The Balaban J connectivity index is 1.75. The summed E-state index contributed by atoms with van der Waals surface area (Å²) in [5.41, 5.74) is 0.828. The first kappa shape index (κ1) is 13.0. The van der Waals surface area contributed by atoms with Crippen LogP contribution in [0.25, 0.3) is 0 Å². The van der Waals surface area contributed by atoms with Crippen LogP contribution in [0.1, 0.15) is 11.9 Å². The summed E-state index contributed by atoms with van der Waals surface area (Å²) in [6.07, 6.45) is -5.93. The molecule has 6 atom stereocenters. The standard InChI is InChI=1S/C13H16O6/c14-9-10(15)12(16)18-8-6-17-13(19-11(8)9)7-4-2-1-3-5-7/h1-5,8-16H,6H2/t8?,9?,10?,11-,12-,13?/m1/s1. The molecule has 1 aromatic carbocycles. The summed E-state index contributed by atoms with van der Waals surface area (Å²) < 4.78 is 16.3. The van der Waals surface area contributed by atoms with E-state index in [0.29, 0.717) is 0 Å². The van der Waals surface area contributed by atoms with Crippen LogP contribution in [0.4, 0.5) is 0 Å². The molecule has 0 radical (unpaired) electrons. The molecule has 2 fully saturated rings. The zero-order valence-corrected chi connectivity index (χ0v) is 10.1. The lowest BCUT2D eigenvalue weighted by Crippen LogP contribution is -2.61. The van der Waals surface area contributed by atoms with Gasteiger partial charge in [0.1, 0.15) is 24.4 Å². The Morgan fingerprint density at radius 1 is 0.947 bits per heavy atom. The lowest BCUT2D eigenvalue weighted by atomic mass is 9.98. The first-order chi connectivity index (χ1) is 9.16. The fraction of sp³-hybridized carbons (Fsp3) is 0.538. The Hall–Kier alpha value is -1.02. The zero-order valence-electron chi connectivity index (χ0n) is 10.1. The van der Waals surface area contributed by atoms with Crippen molar-refractivity contribution in [2.24, 2.45) is 0 Å². The summed E-state index contributed by atoms with van der Waals surface area (Å²) >= 11 is 0. The van der Waals surface area contributed by atoms with Crippen molar-refractivity contribution in [2.45, 2.75) is 37.0 Å². The van der Waals surface area contributed by atoms with Gasteiger partial charge in [0.2, 0.25) is 0 Å². The van der Waals surface area contributed by atoms with Gasteiger partial charge in [0.05, 0.1) is 6.61 Å². The number of hydrogen-bond acceptors (Lipinski definition) is 6. The van der Waals surface area contributed by atoms with E-state index in [-0.39, 0.29) is 6.61 Å². The van der Waals surface area contributed by atoms with Crippen LogP contribution in [0.3, 0.4) is 0 Å². The molecule has 2 saturated heterocycles. The van der Waals surface area contributed by atoms with E-state index in [1.165, 1.54) is 0 Å². The summed E-state index contributed by atoms with van der Waals surface area (Å²) in [4.78, 5) is 0. The molecule has 4 unspecified atom stereocenters. The van der Waals surface area contributed by atoms with Gasteiger partial charge in [-0.25, -0.2) is 0 Å². The molecular weight excluding hydrogens is 252 g/mol. The highest BCUT2D eigenvalue weighted by molar-refractivity contribution is 5.16. The van der Waals surface area contributed by atoms with E-state index in [0.717, 1.165) is 5.56 Å². The van der Waals surface area contributed by atoms with E-state index in [2.05, 4.69) is 0 Å². The Morgan fingerprint density at radius 3 is 2.42 bits per heavy atom. The lowest BCUT2D eigenvalue weighted by molar-refractivity contribution is -0.354. The van der Waals surface area contributed by atoms with Gasteiger partial charge >= 0.3 is 0 Å². The molecule has 19 heavy (non-hydrogen) atoms. The molecule has 0 spiro atoms. The number of rotatable bonds is 1. The first-order valence-corrected chi connectivity index (χ1v) is 6.18. The van der Waals surface area contributed by atoms with Crippen LogP contribution in [0.15, 0.2) is 30.3 Å². The Kier molecular flexibility index (Phi) is 3.53. The Morgan fingerprint density at radius 2 is 1.68 bits per heavy atom. The van der Waals surface area contributed by atoms with Crippen LogP contribution in [-0.2, 0) is 14.2 Å². The summed E-state index contributed by atoms with van der Waals surface area (Å²) in [7, 11) is 0. The van der Waals surface area contributed by atoms with E-state index in [1.807, 2.05) is 30.3 Å². The molecule has 3 N–H and O–H groups in total. The van der Waals surface area contributed by atoms with Crippen LogP contribution in [-0.4, -0.2) is 52.6 Å². The van der Waals surface area contributed by atoms with Crippen molar-refractivity contribution < 1.29 is 29.5 Å². The number of aliphatic hydroxyl groups is 3. The van der Waals surface area contributed by atoms with E-state index in [4.69, 9.17) is 14.2 Å². The largest absolute Gasteiger partial charge is 0.387 e. The summed E-state index contributed by atoms with van der Waals surface area (Å²) in [6.45, 7) is 0.186. The highest BCUT2D eigenvalue weighted by Gasteiger charge is 2.48. The van der Waals surface area contributed by atoms with Crippen molar-refractivity contribution in [3.05, 3.63) is 35.9 Å². The third-order valence-electron chi connectivity index (χ3n) is 3.42. The molecule has 0 aliphatic carbocycles. The second-order valence-electron chi connectivity index (χ2n) is 4.72. The normalized spacial score (nSPS) is 42.7. The lowest BCUT2D eigenvalue weighted by Gasteiger charge is -2.45. The number of benzene rings is 1. The van der Waals surface area contributed by atoms with E-state index in [9.17, 15) is 15.3 Å². The van der Waals surface area contributed by atoms with Crippen LogP contribution in [0.2, 0.25) is 0 Å². The van der Waals surface area contributed by atoms with Crippen molar-refractivity contribution in [1.82, 2.24) is 0 Å². The Bertz CT molecular complexity index is 422. The molecule has 3 rings (SSSR count). The zero-order chi connectivity index (χ0) is 13.4. The number of ether oxygens (including phenoxy) is 3. The predicted molar refractivity (Wildman–Crippen MR) is 62.9 cm³/mol. The van der Waals surface area contributed by atoms with Crippen molar-refractivity contribution in [3.8, 4) is 0 Å². The average molecular weight is 268 g/mol. The van der Waals surface area contributed by atoms with Crippen LogP contribution in [0.5, 0.6) is 0 Å². The first-order valence-electron chi connectivity index (χ1n) is 6.18. The van der Waals surface area contributed by atoms with Gasteiger partial charge in [0, 0.05) is 5.56 Å². The fourth-order valence-electron chi connectivity index (χ4n) is 2.37. The molecule has 0 aromatic heterocycles. The van der Waals surface area contributed by atoms with Crippen molar-refractivity contribution in [2.75, 3.05) is 6.61 Å². The van der Waals surface area contributed by atoms with E-state index in [1.54, 1.807) is 0 Å². The highest BCUT2D eigenvalue weighted by atomic mass is 16.7. The fourth-order valence-corrected chi connectivity index (χ4v) is 2.37. The van der Waals surface area contributed by atoms with Crippen LogP contribution >= 0.6 is 0 Å². The van der Waals surface area contributed by atoms with Gasteiger partial charge in [0.25, 0.3) is 0 Å². The maximum atomic E-state index is 9.94. The summed E-state index contributed by atoms with van der Waals surface area (Å²) in [6, 6.07) is 9.31. The second kappa shape index (κ2) is 5.16. The van der Waals surface area contributed by atoms with Gasteiger partial charge in [-0.2, -0.15) is 0 Å². The van der Waals surface area contributed by atoms with Gasteiger partial charge in [-0.1, -0.05) is 30.3 Å². The van der Waals surface area contributed by atoms with Gasteiger partial charge in [-0.15, -0.1) is 0 Å². The number of hydrogen-bond donors (Lipinski definition) is 3. The maximum absolute atomic E-state index is 9.94. The van der Waals surface area contributed by atoms with Crippen molar-refractivity contribution in [3.63, 3.8) is 0 Å². The molecule has 0 amide bonds. The third kappa shape index (κ3) is 2.38. The minimum absolute atomic E-state index is 0.186. The average Bonchev–Trinajstić information content (AvgIpc) is 2.46. The van der Waals surface area contributed by atoms with Crippen molar-refractivity contribution >= 4 is 0 Å². The van der Waals surface area contributed by atoms with Crippen molar-refractivity contribution in [1.29, 1.82) is 0 Å². The number of fused-ring (bicyclic) bond motifs is 1. The second-order valence-corrected chi connectivity index (χ2v) is 4.72. The molecule has 2 heterocycles. The monoisotopic (exact) mass is 268 g/mol. The molecule has 6 nitrogen and oxygen atoms in total. The SMILES string of the molecule is OC1C(O)[C@H](O)OC2COC(c3ccccc3)O[C@H]21. The van der Waals surface area contributed by atoms with Crippen LogP contribution < -0.4 is 0 Å². The quantitative estimate of drug-likeness (QED) is 0.639. The molecule has 0 saturated carbocycles. The van der Waals surface area contributed by atoms with Gasteiger partial charge in [-0.3, -0.25) is 0 Å². The molecule has 1 aromatic rings. The van der Waals surface area contributed by atoms with Gasteiger partial charge in [0.15, 0.2) is 12.6 Å². The summed E-state index contributed by atoms with van der Waals surface area (Å²) in [5, 5.41) is 29.0. The van der Waals surface area contributed by atoms with E-state index >= 15 is 0 Å². The van der Waals surface area contributed by atoms with Gasteiger partial charge < -0.3 is 29.5 Å². The summed E-state index contributed by atoms with van der Waals surface area (Å²) in [5.74, 6) is 0. The van der Waals surface area contributed by atoms with Gasteiger partial charge in [-0.05, 0) is 0 Å². The third-order valence-corrected chi connectivity index (χ3v) is 3.42. The molecule has 6 heteroatoms. The van der Waals surface area contributed by atoms with E-state index < -0.39 is 37.0 Å². The molecule has 2 aliphatic heterocycles. The van der Waals surface area contributed by atoms with Crippen LogP contribution in [0, 0.1) is 0 Å². The molecule has 104 valence electrons. The Labute approximate surface area is 110 Å². The minimum atomic E-state index is -1.42. The minimum Gasteiger partial charge on any atom is -0.387 e. The smallest absolute Gasteiger partial charge is 0.184 e. The molecular formula is C13H16O6. The molecule has 2 aliphatic rings. The highest BCUT2D eigenvalue weighted by Crippen LogP contribution is 2.33. The molecule has 0 bridgehead atoms. The topological polar surface area (TPSA) is 88.4 Å². The number of aliphatic hydroxyl groups excluding tert-OH is 3. The maximum Gasteiger partial charge on any atom is 0.184 e.